The molecule has 31 heavy (non-hydrogen) atoms. The number of ether oxygens (including phenoxy) is 3. The van der Waals surface area contributed by atoms with Crippen LogP contribution in [-0.4, -0.2) is 32.6 Å². The van der Waals surface area contributed by atoms with E-state index in [4.69, 9.17) is 14.2 Å². The third-order valence-corrected chi connectivity index (χ3v) is 5.18. The molecule has 3 rings (SSSR count). The number of halogens is 1. The molecule has 0 saturated heterocycles. The van der Waals surface area contributed by atoms with E-state index in [1.165, 1.54) is 26.4 Å². The molecule has 0 aliphatic carbocycles. The summed E-state index contributed by atoms with van der Waals surface area (Å²) in [7, 11) is 2.62. The van der Waals surface area contributed by atoms with E-state index < -0.39 is 17.7 Å². The molecule has 0 amide bonds. The van der Waals surface area contributed by atoms with Crippen LogP contribution in [-0.2, 0) is 32.1 Å². The maximum absolute atomic E-state index is 13.8. The molecule has 0 spiro atoms. The number of carbonyl (C=O) groups excluding carboxylic acids is 2. The topological polar surface area (TPSA) is 85.6 Å². The smallest absolute Gasteiger partial charge is 0.316 e. The summed E-state index contributed by atoms with van der Waals surface area (Å²) in [6, 6.07) is 11.9. The number of benzene rings is 2. The Hall–Kier alpha value is -3.50. The molecule has 0 radical (unpaired) electrons. The Labute approximate surface area is 179 Å². The number of nitriles is 1. The van der Waals surface area contributed by atoms with Crippen molar-refractivity contribution in [3.63, 3.8) is 0 Å². The first-order valence-electron chi connectivity index (χ1n) is 9.65. The van der Waals surface area contributed by atoms with Gasteiger partial charge < -0.3 is 14.2 Å². The minimum absolute atomic E-state index is 0.139. The summed E-state index contributed by atoms with van der Waals surface area (Å²) < 4.78 is 29.3. The highest BCUT2D eigenvalue weighted by molar-refractivity contribution is 6.00. The van der Waals surface area contributed by atoms with Gasteiger partial charge >= 0.3 is 5.97 Å². The molecule has 6 nitrogen and oxygen atoms in total. The molecule has 0 bridgehead atoms. The molecule has 2 aromatic carbocycles. The number of fused-ring (bicyclic) bond motifs is 2. The second kappa shape index (κ2) is 9.54. The minimum Gasteiger partial charge on any atom is -0.488 e. The van der Waals surface area contributed by atoms with Crippen molar-refractivity contribution < 1.29 is 28.2 Å². The summed E-state index contributed by atoms with van der Waals surface area (Å²) >= 11 is 0. The number of hydrogen-bond acceptors (Lipinski definition) is 6. The van der Waals surface area contributed by atoms with Crippen LogP contribution in [0.2, 0.25) is 0 Å². The van der Waals surface area contributed by atoms with Gasteiger partial charge in [0.1, 0.15) is 30.7 Å². The van der Waals surface area contributed by atoms with Gasteiger partial charge in [-0.2, -0.15) is 5.26 Å². The lowest BCUT2D eigenvalue weighted by molar-refractivity contribution is -0.150. The van der Waals surface area contributed by atoms with Crippen LogP contribution in [0.15, 0.2) is 42.0 Å². The fourth-order valence-corrected chi connectivity index (χ4v) is 3.67. The van der Waals surface area contributed by atoms with E-state index in [9.17, 15) is 19.2 Å². The quantitative estimate of drug-likeness (QED) is 0.401. The van der Waals surface area contributed by atoms with Gasteiger partial charge in [-0.1, -0.05) is 18.2 Å². The fraction of sp³-hybridized carbons (Fsp3) is 0.292. The first-order valence-corrected chi connectivity index (χ1v) is 9.65. The molecule has 0 saturated carbocycles. The minimum atomic E-state index is -0.989. The van der Waals surface area contributed by atoms with E-state index >= 15 is 0 Å². The number of rotatable bonds is 6. The Morgan fingerprint density at radius 3 is 2.61 bits per heavy atom. The van der Waals surface area contributed by atoms with Gasteiger partial charge in [0.25, 0.3) is 0 Å². The van der Waals surface area contributed by atoms with Crippen molar-refractivity contribution in [2.45, 2.75) is 20.0 Å². The largest absolute Gasteiger partial charge is 0.488 e. The van der Waals surface area contributed by atoms with Crippen LogP contribution in [0.3, 0.4) is 0 Å². The van der Waals surface area contributed by atoms with Crippen LogP contribution in [0, 0.1) is 23.1 Å². The zero-order valence-electron chi connectivity index (χ0n) is 17.5. The molecule has 1 heterocycles. The zero-order valence-corrected chi connectivity index (χ0v) is 17.5. The normalized spacial score (nSPS) is 14.8. The van der Waals surface area contributed by atoms with E-state index in [0.717, 1.165) is 16.7 Å². The monoisotopic (exact) mass is 423 g/mol. The molecule has 0 N–H and O–H groups in total. The number of carbonyl (C=O) groups is 2. The van der Waals surface area contributed by atoms with Crippen molar-refractivity contribution in [1.29, 1.82) is 5.26 Å². The SMILES string of the molecule is COCC(=O)C(Cc1ccc2c(c1)COc1cc(F)ccc1/C2=C(\C)C#N)C(=O)OC. The maximum Gasteiger partial charge on any atom is 0.316 e. The zero-order chi connectivity index (χ0) is 22.5. The number of esters is 1. The molecule has 2 aromatic rings. The predicted octanol–water partition coefficient (Wildman–Crippen LogP) is 3.61. The lowest BCUT2D eigenvalue weighted by Gasteiger charge is -2.16. The number of allylic oxidation sites excluding steroid dienone is 1. The second-order valence-electron chi connectivity index (χ2n) is 7.21. The number of Topliss-reactive ketones (excluding diaryl/α,β-unsaturated/α-hetero) is 1. The Kier molecular flexibility index (Phi) is 6.83. The molecule has 1 atom stereocenters. The Morgan fingerprint density at radius 1 is 1.19 bits per heavy atom. The van der Waals surface area contributed by atoms with Crippen LogP contribution < -0.4 is 4.74 Å². The highest BCUT2D eigenvalue weighted by atomic mass is 19.1. The van der Waals surface area contributed by atoms with Gasteiger partial charge in [-0.05, 0) is 42.2 Å². The summed E-state index contributed by atoms with van der Waals surface area (Å²) in [6.45, 7) is 1.65. The molecule has 1 unspecified atom stereocenters. The van der Waals surface area contributed by atoms with Crippen molar-refractivity contribution in [1.82, 2.24) is 0 Å². The fourth-order valence-electron chi connectivity index (χ4n) is 3.67. The van der Waals surface area contributed by atoms with Crippen LogP contribution >= 0.6 is 0 Å². The molecule has 0 aromatic heterocycles. The molecule has 0 fully saturated rings. The average molecular weight is 423 g/mol. The summed E-state index contributed by atoms with van der Waals surface area (Å²) in [4.78, 5) is 24.5. The number of hydrogen-bond donors (Lipinski definition) is 0. The van der Waals surface area contributed by atoms with Crippen LogP contribution in [0.4, 0.5) is 4.39 Å². The van der Waals surface area contributed by atoms with Crippen molar-refractivity contribution in [3.8, 4) is 11.8 Å². The van der Waals surface area contributed by atoms with Gasteiger partial charge in [0, 0.05) is 29.9 Å². The summed E-state index contributed by atoms with van der Waals surface area (Å²) in [6.07, 6.45) is 0.139. The van der Waals surface area contributed by atoms with E-state index in [2.05, 4.69) is 6.07 Å². The van der Waals surface area contributed by atoms with Crippen molar-refractivity contribution in [2.24, 2.45) is 5.92 Å². The highest BCUT2D eigenvalue weighted by Crippen LogP contribution is 2.39. The molecule has 1 aliphatic heterocycles. The number of nitrogens with zero attached hydrogens (tertiary/aromatic N) is 1. The van der Waals surface area contributed by atoms with E-state index in [0.29, 0.717) is 22.5 Å². The van der Waals surface area contributed by atoms with Crippen molar-refractivity contribution >= 4 is 17.3 Å². The summed E-state index contributed by atoms with van der Waals surface area (Å²) in [5.41, 5.74) is 4.04. The predicted molar refractivity (Wildman–Crippen MR) is 111 cm³/mol. The number of ketones is 1. The molecular weight excluding hydrogens is 401 g/mol. The third-order valence-electron chi connectivity index (χ3n) is 5.18. The van der Waals surface area contributed by atoms with Gasteiger partial charge in [-0.25, -0.2) is 4.39 Å². The molecule has 1 aliphatic rings. The van der Waals surface area contributed by atoms with Gasteiger partial charge in [-0.15, -0.1) is 0 Å². The van der Waals surface area contributed by atoms with Gasteiger partial charge in [0.05, 0.1) is 13.2 Å². The van der Waals surface area contributed by atoms with E-state index in [-0.39, 0.29) is 25.4 Å². The molecular formula is C24H22FNO5. The Balaban J connectivity index is 2.04. The second-order valence-corrected chi connectivity index (χ2v) is 7.21. The summed E-state index contributed by atoms with van der Waals surface area (Å²) in [5, 5.41) is 9.53. The Morgan fingerprint density at radius 2 is 1.94 bits per heavy atom. The van der Waals surface area contributed by atoms with Crippen LogP contribution in [0.25, 0.3) is 5.57 Å². The average Bonchev–Trinajstić information content (AvgIpc) is 2.92. The van der Waals surface area contributed by atoms with Gasteiger partial charge in [0.2, 0.25) is 0 Å². The molecule has 160 valence electrons. The van der Waals surface area contributed by atoms with Gasteiger partial charge in [0.15, 0.2) is 5.78 Å². The first kappa shape index (κ1) is 22.2. The van der Waals surface area contributed by atoms with E-state index in [1.54, 1.807) is 19.1 Å². The lowest BCUT2D eigenvalue weighted by Crippen LogP contribution is -2.30. The Bertz CT molecular complexity index is 1100. The maximum atomic E-state index is 13.8. The van der Waals surface area contributed by atoms with Crippen molar-refractivity contribution in [2.75, 3.05) is 20.8 Å². The van der Waals surface area contributed by atoms with Crippen molar-refractivity contribution in [3.05, 3.63) is 70.0 Å². The molecule has 7 heteroatoms. The lowest BCUT2D eigenvalue weighted by atomic mass is 9.88. The first-order chi connectivity index (χ1) is 14.9. The van der Waals surface area contributed by atoms with Crippen LogP contribution in [0.5, 0.6) is 5.75 Å². The highest BCUT2D eigenvalue weighted by Gasteiger charge is 2.28. The summed E-state index contributed by atoms with van der Waals surface area (Å²) in [5.74, 6) is -2.07. The third kappa shape index (κ3) is 4.65. The standard InChI is InChI=1S/C24H22FNO5/c1-14(11-26)23-18-6-4-15(9-20(24(28)30-3)21(27)13-29-2)8-16(18)12-31-22-10-17(25)5-7-19(22)23/h4-8,10,20H,9,12-13H2,1-3H3/b23-14+. The number of methoxy groups -OCH3 is 2. The van der Waals surface area contributed by atoms with Crippen LogP contribution in [0.1, 0.15) is 29.2 Å². The van der Waals surface area contributed by atoms with E-state index in [1.807, 2.05) is 12.1 Å². The van der Waals surface area contributed by atoms with Gasteiger partial charge in [-0.3, -0.25) is 9.59 Å².